The van der Waals surface area contributed by atoms with Crippen LogP contribution in [0.3, 0.4) is 0 Å². The first-order valence-corrected chi connectivity index (χ1v) is 13.8. The fourth-order valence-corrected chi connectivity index (χ4v) is 5.09. The SMILES string of the molecule is COc1cc(O)cc(Nc2nc3ccccc3nc2NS(=O)(=O)c2cccc(NC(=O)Cc3cccc(F)c3)c2)c1. The van der Waals surface area contributed by atoms with Gasteiger partial charge in [0.25, 0.3) is 10.0 Å². The second kappa shape index (κ2) is 11.5. The van der Waals surface area contributed by atoms with Gasteiger partial charge in [0, 0.05) is 29.6 Å². The average molecular weight is 574 g/mol. The van der Waals surface area contributed by atoms with Gasteiger partial charge in [0.05, 0.1) is 29.5 Å². The van der Waals surface area contributed by atoms with E-state index in [0.717, 1.165) is 0 Å². The number of halogens is 1. The van der Waals surface area contributed by atoms with Crippen molar-refractivity contribution in [1.29, 1.82) is 0 Å². The van der Waals surface area contributed by atoms with E-state index in [9.17, 15) is 22.7 Å². The van der Waals surface area contributed by atoms with E-state index >= 15 is 0 Å². The molecule has 0 radical (unpaired) electrons. The van der Waals surface area contributed by atoms with Crippen molar-refractivity contribution in [3.8, 4) is 11.5 Å². The molecule has 0 aliphatic carbocycles. The first-order valence-electron chi connectivity index (χ1n) is 12.3. The third kappa shape index (κ3) is 6.68. The van der Waals surface area contributed by atoms with Crippen LogP contribution in [0.5, 0.6) is 11.5 Å². The Morgan fingerprint density at radius 3 is 2.34 bits per heavy atom. The Kier molecular flexibility index (Phi) is 7.66. The summed E-state index contributed by atoms with van der Waals surface area (Å²) in [6, 6.07) is 22.7. The number of rotatable bonds is 9. The molecule has 0 aliphatic heterocycles. The predicted octanol–water partition coefficient (Wildman–Crippen LogP) is 5.21. The molecule has 5 aromatic rings. The van der Waals surface area contributed by atoms with E-state index < -0.39 is 21.7 Å². The van der Waals surface area contributed by atoms with E-state index in [4.69, 9.17) is 4.74 Å². The summed E-state index contributed by atoms with van der Waals surface area (Å²) in [6.45, 7) is 0. The van der Waals surface area contributed by atoms with Crippen LogP contribution in [-0.2, 0) is 21.2 Å². The lowest BCUT2D eigenvalue weighted by atomic mass is 10.1. The molecule has 5 rings (SSSR count). The van der Waals surface area contributed by atoms with Gasteiger partial charge in [-0.05, 0) is 48.0 Å². The zero-order valence-corrected chi connectivity index (χ0v) is 22.4. The van der Waals surface area contributed by atoms with Crippen LogP contribution < -0.4 is 20.1 Å². The molecule has 10 nitrogen and oxygen atoms in total. The minimum absolute atomic E-state index is 0.0704. The number of hydrogen-bond acceptors (Lipinski definition) is 8. The van der Waals surface area contributed by atoms with E-state index in [-0.39, 0.29) is 34.4 Å². The summed E-state index contributed by atoms with van der Waals surface area (Å²) in [7, 11) is -2.76. The third-order valence-electron chi connectivity index (χ3n) is 5.87. The number of para-hydroxylation sites is 2. The largest absolute Gasteiger partial charge is 0.508 e. The van der Waals surface area contributed by atoms with E-state index in [2.05, 4.69) is 25.3 Å². The van der Waals surface area contributed by atoms with Gasteiger partial charge in [-0.25, -0.2) is 22.8 Å². The minimum atomic E-state index is -4.21. The van der Waals surface area contributed by atoms with Gasteiger partial charge in [0.15, 0.2) is 11.6 Å². The van der Waals surface area contributed by atoms with Crippen LogP contribution in [0.25, 0.3) is 11.0 Å². The first-order chi connectivity index (χ1) is 19.7. The van der Waals surface area contributed by atoms with Crippen molar-refractivity contribution in [2.24, 2.45) is 0 Å². The monoisotopic (exact) mass is 573 g/mol. The van der Waals surface area contributed by atoms with Gasteiger partial charge >= 0.3 is 0 Å². The molecule has 208 valence electrons. The first kappa shape index (κ1) is 27.3. The lowest BCUT2D eigenvalue weighted by molar-refractivity contribution is -0.115. The number of sulfonamides is 1. The molecule has 0 bridgehead atoms. The molecule has 41 heavy (non-hydrogen) atoms. The zero-order chi connectivity index (χ0) is 29.0. The average Bonchev–Trinajstić information content (AvgIpc) is 2.93. The van der Waals surface area contributed by atoms with Crippen LogP contribution in [0.2, 0.25) is 0 Å². The molecule has 4 N–H and O–H groups in total. The van der Waals surface area contributed by atoms with Crippen molar-refractivity contribution < 1.29 is 27.4 Å². The number of carbonyl (C=O) groups is 1. The summed E-state index contributed by atoms with van der Waals surface area (Å²) in [5.41, 5.74) is 2.06. The number of aromatic hydroxyl groups is 1. The number of nitrogens with one attached hydrogen (secondary N) is 3. The van der Waals surface area contributed by atoms with Gasteiger partial charge < -0.3 is 20.5 Å². The van der Waals surface area contributed by atoms with Crippen molar-refractivity contribution in [3.05, 3.63) is 102 Å². The maximum atomic E-state index is 13.5. The van der Waals surface area contributed by atoms with Gasteiger partial charge in [-0.1, -0.05) is 30.3 Å². The minimum Gasteiger partial charge on any atom is -0.508 e. The quantitative estimate of drug-likeness (QED) is 0.188. The van der Waals surface area contributed by atoms with Crippen LogP contribution in [0.4, 0.5) is 27.4 Å². The second-order valence-corrected chi connectivity index (χ2v) is 10.6. The molecule has 0 atom stereocenters. The second-order valence-electron chi connectivity index (χ2n) is 8.94. The molecule has 0 unspecified atom stereocenters. The Bertz CT molecular complexity index is 1870. The lowest BCUT2D eigenvalue weighted by Gasteiger charge is -2.15. The highest BCUT2D eigenvalue weighted by atomic mass is 32.2. The molecule has 0 spiro atoms. The molecule has 0 aliphatic rings. The van der Waals surface area contributed by atoms with Crippen molar-refractivity contribution in [2.45, 2.75) is 11.3 Å². The number of aromatic nitrogens is 2. The number of phenols is 1. The molecule has 0 fully saturated rings. The van der Waals surface area contributed by atoms with Crippen LogP contribution in [0, 0.1) is 5.82 Å². The molecule has 1 aromatic heterocycles. The molecular formula is C29H24FN5O5S. The number of ether oxygens (including phenoxy) is 1. The summed E-state index contributed by atoms with van der Waals surface area (Å²) in [5, 5.41) is 15.7. The summed E-state index contributed by atoms with van der Waals surface area (Å²) < 4.78 is 48.0. The summed E-state index contributed by atoms with van der Waals surface area (Å²) >= 11 is 0. The van der Waals surface area contributed by atoms with Crippen molar-refractivity contribution in [1.82, 2.24) is 9.97 Å². The maximum absolute atomic E-state index is 13.5. The Hall–Kier alpha value is -5.23. The summed E-state index contributed by atoms with van der Waals surface area (Å²) in [5.74, 6) is -0.598. The Balaban J connectivity index is 1.42. The Labute approximate surface area is 234 Å². The lowest BCUT2D eigenvalue weighted by Crippen LogP contribution is -2.17. The van der Waals surface area contributed by atoms with Gasteiger partial charge in [-0.3, -0.25) is 9.52 Å². The Morgan fingerprint density at radius 1 is 0.878 bits per heavy atom. The van der Waals surface area contributed by atoms with E-state index in [1.807, 2.05) is 0 Å². The van der Waals surface area contributed by atoms with Crippen LogP contribution in [0.15, 0.2) is 95.9 Å². The molecule has 0 saturated carbocycles. The molecule has 12 heteroatoms. The van der Waals surface area contributed by atoms with Gasteiger partial charge in [0.2, 0.25) is 5.91 Å². The Morgan fingerprint density at radius 2 is 1.61 bits per heavy atom. The fourth-order valence-electron chi connectivity index (χ4n) is 4.03. The number of amides is 1. The van der Waals surface area contributed by atoms with Crippen LogP contribution in [-0.4, -0.2) is 36.5 Å². The van der Waals surface area contributed by atoms with E-state index in [1.165, 1.54) is 55.6 Å². The smallest absolute Gasteiger partial charge is 0.263 e. The number of benzene rings is 4. The highest BCUT2D eigenvalue weighted by Crippen LogP contribution is 2.31. The standard InChI is InChI=1S/C29H24FN5O5S/c1-40-23-15-21(14-22(36)17-23)32-28-29(34-26-11-3-2-10-25(26)33-28)35-41(38,39)24-9-5-8-20(16-24)31-27(37)13-18-6-4-7-19(30)12-18/h2-12,14-17,36H,13H2,1H3,(H,31,37)(H,32,33)(H,34,35). The number of nitrogens with zero attached hydrogens (tertiary/aromatic N) is 2. The van der Waals surface area contributed by atoms with E-state index in [0.29, 0.717) is 28.0 Å². The van der Waals surface area contributed by atoms with Crippen molar-refractivity contribution >= 4 is 50.0 Å². The van der Waals surface area contributed by atoms with Crippen molar-refractivity contribution in [2.75, 3.05) is 22.5 Å². The van der Waals surface area contributed by atoms with Gasteiger partial charge in [0.1, 0.15) is 17.3 Å². The third-order valence-corrected chi connectivity index (χ3v) is 7.21. The molecule has 0 saturated heterocycles. The maximum Gasteiger partial charge on any atom is 0.263 e. The number of carbonyl (C=O) groups excluding carboxylic acids is 1. The van der Waals surface area contributed by atoms with Gasteiger partial charge in [-0.2, -0.15) is 0 Å². The molecule has 1 heterocycles. The number of anilines is 4. The van der Waals surface area contributed by atoms with Crippen molar-refractivity contribution in [3.63, 3.8) is 0 Å². The zero-order valence-electron chi connectivity index (χ0n) is 21.6. The summed E-state index contributed by atoms with van der Waals surface area (Å²) in [4.78, 5) is 21.4. The van der Waals surface area contributed by atoms with Gasteiger partial charge in [-0.15, -0.1) is 0 Å². The molecular weight excluding hydrogens is 549 g/mol. The highest BCUT2D eigenvalue weighted by Gasteiger charge is 2.20. The number of hydrogen-bond donors (Lipinski definition) is 4. The highest BCUT2D eigenvalue weighted by molar-refractivity contribution is 7.92. The molecule has 4 aromatic carbocycles. The number of methoxy groups -OCH3 is 1. The normalized spacial score (nSPS) is 11.2. The van der Waals surface area contributed by atoms with Crippen LogP contribution >= 0.6 is 0 Å². The fraction of sp³-hybridized carbons (Fsp3) is 0.0690. The van der Waals surface area contributed by atoms with E-state index in [1.54, 1.807) is 42.5 Å². The van der Waals surface area contributed by atoms with Crippen LogP contribution in [0.1, 0.15) is 5.56 Å². The predicted molar refractivity (Wildman–Crippen MR) is 153 cm³/mol. The molecule has 1 amide bonds. The number of fused-ring (bicyclic) bond motifs is 1. The topological polar surface area (TPSA) is 143 Å². The summed E-state index contributed by atoms with van der Waals surface area (Å²) in [6.07, 6.45) is -0.0888. The number of phenolic OH excluding ortho intramolecular Hbond substituents is 1.